The average Bonchev–Trinajstić information content (AvgIpc) is 3.26. The number of carboxylic acids is 1. The Bertz CT molecular complexity index is 1210. The molecule has 3 aliphatic rings. The van der Waals surface area contributed by atoms with Crippen LogP contribution in [0.4, 0.5) is 10.1 Å². The summed E-state index contributed by atoms with van der Waals surface area (Å²) < 4.78 is 25.5. The Kier molecular flexibility index (Phi) is 10.7. The van der Waals surface area contributed by atoms with Crippen molar-refractivity contribution >= 4 is 17.9 Å². The number of hydrogen-bond donors (Lipinski definition) is 2. The van der Waals surface area contributed by atoms with Crippen LogP contribution in [-0.2, 0) is 33.6 Å². The fourth-order valence-electron chi connectivity index (χ4n) is 5.35. The van der Waals surface area contributed by atoms with E-state index in [1.54, 1.807) is 20.8 Å². The number of hydrogen-bond acceptors (Lipinski definition) is 6. The molecule has 2 aromatic carbocycles. The molecular weight excluding hydrogens is 513 g/mol. The summed E-state index contributed by atoms with van der Waals surface area (Å²) in [5.41, 5.74) is 7.09. The summed E-state index contributed by atoms with van der Waals surface area (Å²) in [6, 6.07) is 3.61. The fraction of sp³-hybridized carbons (Fsp3) is 0.562. The molecule has 0 amide bonds. The Labute approximate surface area is 237 Å². The molecule has 5 rings (SSSR count). The zero-order valence-corrected chi connectivity index (χ0v) is 24.7. The minimum absolute atomic E-state index is 0.0627. The molecular formula is C32H44FNO6. The van der Waals surface area contributed by atoms with Crippen molar-refractivity contribution in [3.05, 3.63) is 45.8 Å². The van der Waals surface area contributed by atoms with Crippen LogP contribution in [-0.4, -0.2) is 61.5 Å². The van der Waals surface area contributed by atoms with Crippen molar-refractivity contribution in [2.45, 2.75) is 78.7 Å². The zero-order chi connectivity index (χ0) is 29.6. The summed E-state index contributed by atoms with van der Waals surface area (Å²) in [4.78, 5) is 23.8. The third kappa shape index (κ3) is 8.04. The van der Waals surface area contributed by atoms with Crippen LogP contribution in [0.3, 0.4) is 0 Å². The van der Waals surface area contributed by atoms with Crippen molar-refractivity contribution in [2.24, 2.45) is 5.92 Å². The molecule has 0 unspecified atom stereocenters. The lowest BCUT2D eigenvalue weighted by Crippen LogP contribution is -2.16. The molecule has 0 aliphatic carbocycles. The lowest BCUT2D eigenvalue weighted by Gasteiger charge is -2.25. The van der Waals surface area contributed by atoms with E-state index < -0.39 is 11.6 Å². The number of carboxylic acid groups (broad SMARTS) is 1. The molecule has 0 spiro atoms. The molecule has 2 aromatic rings. The Morgan fingerprint density at radius 3 is 2.35 bits per heavy atom. The van der Waals surface area contributed by atoms with Gasteiger partial charge in [0.2, 0.25) is 0 Å². The van der Waals surface area contributed by atoms with Crippen LogP contribution < -0.4 is 9.64 Å². The second-order valence-electron chi connectivity index (χ2n) is 11.8. The molecule has 1 fully saturated rings. The van der Waals surface area contributed by atoms with Gasteiger partial charge in [-0.25, -0.2) is 4.39 Å². The molecule has 3 heterocycles. The van der Waals surface area contributed by atoms with Crippen LogP contribution in [0.5, 0.6) is 5.75 Å². The topological polar surface area (TPSA) is 96.3 Å². The van der Waals surface area contributed by atoms with Gasteiger partial charge in [0.25, 0.3) is 0 Å². The lowest BCUT2D eigenvalue weighted by atomic mass is 9.84. The summed E-state index contributed by atoms with van der Waals surface area (Å²) in [6.07, 6.45) is 5.30. The SMILES string of the molecule is CC(C)(C)O.Cc1cc2c(c(-c3cc(F)c4c(c3C)CCCO4)c1CC(=O)O)CCN2C.O=CC1CCOCC1. The van der Waals surface area contributed by atoms with Crippen LogP contribution >= 0.6 is 0 Å². The third-order valence-corrected chi connectivity index (χ3v) is 7.34. The standard InChI is InChI=1S/C22H24FNO3.C6H10O2.C4H10O/c1-12-9-19-15(6-7-24(19)3)21(16(12)11-20(25)26)17-10-18(23)22-14(13(17)2)5-4-8-27-22;7-5-6-1-3-8-4-2-6;1-4(2,3)5/h9-10H,4-8,11H2,1-3H3,(H,25,26);5-6H,1-4H2;5H,1-3H3. The Hall–Kier alpha value is -2.97. The van der Waals surface area contributed by atoms with Crippen molar-refractivity contribution in [1.29, 1.82) is 0 Å². The first kappa shape index (κ1) is 31.6. The molecule has 8 heteroatoms. The summed E-state index contributed by atoms with van der Waals surface area (Å²) >= 11 is 0. The number of ether oxygens (including phenoxy) is 2. The first-order valence-corrected chi connectivity index (χ1v) is 14.1. The van der Waals surface area contributed by atoms with Crippen LogP contribution in [0.25, 0.3) is 11.1 Å². The van der Waals surface area contributed by atoms with E-state index in [0.29, 0.717) is 12.4 Å². The normalized spacial score (nSPS) is 16.4. The number of carbonyl (C=O) groups is 2. The van der Waals surface area contributed by atoms with Gasteiger partial charge in [-0.05, 0) is 112 Å². The van der Waals surface area contributed by atoms with Gasteiger partial charge in [-0.2, -0.15) is 0 Å². The van der Waals surface area contributed by atoms with Crippen LogP contribution in [0.1, 0.15) is 67.9 Å². The maximum atomic E-state index is 14.9. The van der Waals surface area contributed by atoms with Gasteiger partial charge in [0, 0.05) is 44.0 Å². The largest absolute Gasteiger partial charge is 0.490 e. The lowest BCUT2D eigenvalue weighted by molar-refractivity contribution is -0.136. The quantitative estimate of drug-likeness (QED) is 0.483. The first-order valence-electron chi connectivity index (χ1n) is 14.1. The van der Waals surface area contributed by atoms with E-state index in [-0.39, 0.29) is 18.2 Å². The van der Waals surface area contributed by atoms with E-state index in [9.17, 15) is 19.1 Å². The monoisotopic (exact) mass is 557 g/mol. The molecule has 7 nitrogen and oxygen atoms in total. The number of rotatable bonds is 4. The number of benzene rings is 2. The molecule has 0 aromatic heterocycles. The average molecular weight is 558 g/mol. The number of aryl methyl sites for hydroxylation is 1. The highest BCUT2D eigenvalue weighted by Crippen LogP contribution is 2.44. The molecule has 0 atom stereocenters. The van der Waals surface area contributed by atoms with Crippen molar-refractivity contribution in [3.8, 4) is 16.9 Å². The van der Waals surface area contributed by atoms with Crippen LogP contribution in [0, 0.1) is 25.6 Å². The van der Waals surface area contributed by atoms with E-state index >= 15 is 0 Å². The van der Waals surface area contributed by atoms with Crippen LogP contribution in [0.2, 0.25) is 0 Å². The number of carbonyl (C=O) groups excluding carboxylic acids is 1. The van der Waals surface area contributed by atoms with Gasteiger partial charge in [0.1, 0.15) is 6.29 Å². The summed E-state index contributed by atoms with van der Waals surface area (Å²) in [6.45, 7) is 12.1. The molecule has 0 radical (unpaired) electrons. The highest BCUT2D eigenvalue weighted by molar-refractivity contribution is 5.86. The van der Waals surface area contributed by atoms with Gasteiger partial charge < -0.3 is 29.4 Å². The van der Waals surface area contributed by atoms with Gasteiger partial charge in [0.15, 0.2) is 11.6 Å². The molecule has 2 N–H and O–H groups in total. The highest BCUT2D eigenvalue weighted by Gasteiger charge is 2.28. The third-order valence-electron chi connectivity index (χ3n) is 7.34. The van der Waals surface area contributed by atoms with E-state index in [0.717, 1.165) is 103 Å². The van der Waals surface area contributed by atoms with E-state index in [4.69, 9.17) is 14.6 Å². The predicted octanol–water partition coefficient (Wildman–Crippen LogP) is 5.44. The molecule has 3 aliphatic heterocycles. The van der Waals surface area contributed by atoms with Gasteiger partial charge in [-0.1, -0.05) is 0 Å². The second kappa shape index (κ2) is 13.6. The van der Waals surface area contributed by atoms with Crippen molar-refractivity contribution in [1.82, 2.24) is 0 Å². The first-order chi connectivity index (χ1) is 18.8. The summed E-state index contributed by atoms with van der Waals surface area (Å²) in [5.74, 6) is -0.578. The van der Waals surface area contributed by atoms with Crippen molar-refractivity contribution in [2.75, 3.05) is 38.3 Å². The van der Waals surface area contributed by atoms with Gasteiger partial charge in [-0.15, -0.1) is 0 Å². The molecule has 220 valence electrons. The van der Waals surface area contributed by atoms with Crippen LogP contribution in [0.15, 0.2) is 12.1 Å². The Morgan fingerprint density at radius 2 is 1.77 bits per heavy atom. The summed E-state index contributed by atoms with van der Waals surface area (Å²) in [5, 5.41) is 18.0. The van der Waals surface area contributed by atoms with E-state index in [1.165, 1.54) is 6.07 Å². The summed E-state index contributed by atoms with van der Waals surface area (Å²) in [7, 11) is 2.04. The smallest absolute Gasteiger partial charge is 0.307 e. The van der Waals surface area contributed by atoms with Gasteiger partial charge in [-0.3, -0.25) is 4.79 Å². The number of aliphatic carboxylic acids is 1. The number of nitrogens with zero attached hydrogens (tertiary/aromatic N) is 1. The number of halogens is 1. The van der Waals surface area contributed by atoms with E-state index in [1.807, 2.05) is 20.9 Å². The number of fused-ring (bicyclic) bond motifs is 2. The van der Waals surface area contributed by atoms with Gasteiger partial charge in [0.05, 0.1) is 18.6 Å². The Morgan fingerprint density at radius 1 is 1.12 bits per heavy atom. The van der Waals surface area contributed by atoms with Gasteiger partial charge >= 0.3 is 5.97 Å². The molecule has 0 saturated carbocycles. The molecule has 1 saturated heterocycles. The molecule has 40 heavy (non-hydrogen) atoms. The highest BCUT2D eigenvalue weighted by atomic mass is 19.1. The minimum atomic E-state index is -0.870. The van der Waals surface area contributed by atoms with Crippen molar-refractivity contribution < 1.29 is 33.7 Å². The number of likely N-dealkylation sites (N-methyl/N-ethyl adjacent to an activating group) is 1. The minimum Gasteiger partial charge on any atom is -0.490 e. The maximum Gasteiger partial charge on any atom is 0.307 e. The number of aldehydes is 1. The number of anilines is 1. The van der Waals surface area contributed by atoms with Crippen molar-refractivity contribution in [3.63, 3.8) is 0 Å². The number of aliphatic hydroxyl groups is 1. The molecule has 0 bridgehead atoms. The maximum absolute atomic E-state index is 14.9. The fourth-order valence-corrected chi connectivity index (χ4v) is 5.35. The second-order valence-corrected chi connectivity index (χ2v) is 11.8. The zero-order valence-electron chi connectivity index (χ0n) is 24.7. The van der Waals surface area contributed by atoms with E-state index in [2.05, 4.69) is 11.0 Å². The predicted molar refractivity (Wildman–Crippen MR) is 155 cm³/mol. The Balaban J connectivity index is 0.000000281.